The number of carbonyl (C=O) groups is 1. The fourth-order valence-electron chi connectivity index (χ4n) is 1.12. The van der Waals surface area contributed by atoms with Crippen LogP contribution in [0, 0.1) is 0 Å². The summed E-state index contributed by atoms with van der Waals surface area (Å²) in [6.07, 6.45) is 4.86. The lowest BCUT2D eigenvalue weighted by atomic mass is 10.2. The van der Waals surface area contributed by atoms with Crippen LogP contribution in [0.15, 0.2) is 18.6 Å². The van der Waals surface area contributed by atoms with Crippen LogP contribution < -0.4 is 5.32 Å². The van der Waals surface area contributed by atoms with Crippen LogP contribution in [0.2, 0.25) is 0 Å². The molecule has 0 aliphatic carbocycles. The van der Waals surface area contributed by atoms with E-state index in [1.165, 1.54) is 6.20 Å². The monoisotopic (exact) mass is 223 g/mol. The van der Waals surface area contributed by atoms with Crippen molar-refractivity contribution in [3.05, 3.63) is 29.8 Å². The first-order valence-corrected chi connectivity index (χ1v) is 5.07. The third-order valence-corrected chi connectivity index (χ3v) is 2.44. The average Bonchev–Trinajstić information content (AvgIpc) is 2.91. The number of hydrogen-bond acceptors (Lipinski definition) is 5. The molecule has 2 aromatic rings. The Labute approximate surface area is 90.1 Å². The molecule has 78 valence electrons. The second kappa shape index (κ2) is 4.18. The van der Waals surface area contributed by atoms with Crippen LogP contribution in [0.5, 0.6) is 0 Å². The van der Waals surface area contributed by atoms with E-state index >= 15 is 0 Å². The van der Waals surface area contributed by atoms with Gasteiger partial charge in [-0.2, -0.15) is 13.8 Å². The first-order valence-electron chi connectivity index (χ1n) is 4.34. The van der Waals surface area contributed by atoms with Gasteiger partial charge in [0.1, 0.15) is 0 Å². The van der Waals surface area contributed by atoms with Crippen LogP contribution in [-0.2, 0) is 0 Å². The lowest BCUT2D eigenvalue weighted by Crippen LogP contribution is -2.26. The average molecular weight is 223 g/mol. The molecule has 1 atom stereocenters. The third-order valence-electron chi connectivity index (χ3n) is 1.96. The molecule has 6 nitrogen and oxygen atoms in total. The van der Waals surface area contributed by atoms with Gasteiger partial charge in [0, 0.05) is 11.8 Å². The molecule has 0 saturated heterocycles. The molecule has 1 unspecified atom stereocenters. The highest BCUT2D eigenvalue weighted by atomic mass is 32.1. The summed E-state index contributed by atoms with van der Waals surface area (Å²) in [6, 6.07) is -0.0991. The Morgan fingerprint density at radius 3 is 3.07 bits per heavy atom. The first-order chi connectivity index (χ1) is 7.27. The maximum atomic E-state index is 11.6. The minimum atomic E-state index is -0.225. The van der Waals surface area contributed by atoms with Crippen molar-refractivity contribution in [2.24, 2.45) is 0 Å². The number of nitrogens with zero attached hydrogens (tertiary/aromatic N) is 3. The van der Waals surface area contributed by atoms with Crippen LogP contribution in [0.1, 0.15) is 29.0 Å². The maximum Gasteiger partial charge on any atom is 0.273 e. The van der Waals surface area contributed by atoms with E-state index in [4.69, 9.17) is 0 Å². The third kappa shape index (κ3) is 2.18. The molecule has 1 amide bonds. The van der Waals surface area contributed by atoms with Crippen LogP contribution >= 0.6 is 11.7 Å². The summed E-state index contributed by atoms with van der Waals surface area (Å²) in [5.74, 6) is -0.225. The van der Waals surface area contributed by atoms with Crippen LogP contribution in [0.25, 0.3) is 0 Å². The molecule has 15 heavy (non-hydrogen) atoms. The zero-order valence-electron chi connectivity index (χ0n) is 7.97. The molecule has 0 spiro atoms. The highest BCUT2D eigenvalue weighted by molar-refractivity contribution is 6.99. The normalized spacial score (nSPS) is 12.3. The molecule has 2 N–H and O–H groups in total. The number of rotatable bonds is 3. The van der Waals surface area contributed by atoms with Crippen molar-refractivity contribution in [3.8, 4) is 0 Å². The van der Waals surface area contributed by atoms with E-state index in [2.05, 4.69) is 24.3 Å². The Hall–Kier alpha value is -1.76. The van der Waals surface area contributed by atoms with E-state index in [9.17, 15) is 4.79 Å². The molecule has 2 heterocycles. The lowest BCUT2D eigenvalue weighted by Gasteiger charge is -2.09. The van der Waals surface area contributed by atoms with Gasteiger partial charge >= 0.3 is 0 Å². The largest absolute Gasteiger partial charge is 0.344 e. The van der Waals surface area contributed by atoms with E-state index in [0.717, 1.165) is 17.3 Å². The summed E-state index contributed by atoms with van der Waals surface area (Å²) in [7, 11) is 0. The van der Waals surface area contributed by atoms with Gasteiger partial charge in [-0.3, -0.25) is 9.89 Å². The molecule has 0 saturated carbocycles. The Morgan fingerprint density at radius 2 is 2.47 bits per heavy atom. The summed E-state index contributed by atoms with van der Waals surface area (Å²) in [4.78, 5) is 11.6. The van der Waals surface area contributed by atoms with Crippen molar-refractivity contribution in [1.82, 2.24) is 24.3 Å². The second-order valence-corrected chi connectivity index (χ2v) is 3.58. The van der Waals surface area contributed by atoms with E-state index in [1.807, 2.05) is 6.92 Å². The van der Waals surface area contributed by atoms with Gasteiger partial charge in [0.2, 0.25) is 0 Å². The first kappa shape index (κ1) is 9.78. The van der Waals surface area contributed by atoms with Gasteiger partial charge in [0.15, 0.2) is 5.69 Å². The number of carbonyl (C=O) groups excluding carboxylic acids is 1. The van der Waals surface area contributed by atoms with Crippen molar-refractivity contribution in [1.29, 1.82) is 0 Å². The lowest BCUT2D eigenvalue weighted by molar-refractivity contribution is 0.0936. The summed E-state index contributed by atoms with van der Waals surface area (Å²) in [5.41, 5.74) is 1.27. The molecule has 7 heteroatoms. The van der Waals surface area contributed by atoms with Crippen molar-refractivity contribution < 1.29 is 4.79 Å². The highest BCUT2D eigenvalue weighted by Crippen LogP contribution is 2.09. The van der Waals surface area contributed by atoms with Crippen molar-refractivity contribution >= 4 is 17.6 Å². The highest BCUT2D eigenvalue weighted by Gasteiger charge is 2.13. The maximum absolute atomic E-state index is 11.6. The van der Waals surface area contributed by atoms with Gasteiger partial charge in [0.05, 0.1) is 30.2 Å². The Morgan fingerprint density at radius 1 is 1.60 bits per heavy atom. The fraction of sp³-hybridized carbons (Fsp3) is 0.250. The van der Waals surface area contributed by atoms with Gasteiger partial charge in [-0.15, -0.1) is 0 Å². The van der Waals surface area contributed by atoms with Crippen molar-refractivity contribution in [2.45, 2.75) is 13.0 Å². The summed E-state index contributed by atoms with van der Waals surface area (Å²) < 4.78 is 7.61. The predicted molar refractivity (Wildman–Crippen MR) is 54.4 cm³/mol. The summed E-state index contributed by atoms with van der Waals surface area (Å²) in [5, 5.41) is 9.29. The standard InChI is InChI=1S/C8H9N5OS/c1-5(6-2-9-10-3-6)12-8(14)7-4-11-15-13-7/h2-5H,1H3,(H,9,10)(H,12,14). The minimum absolute atomic E-state index is 0.0991. The number of amides is 1. The number of aromatic amines is 1. The van der Waals surface area contributed by atoms with Crippen LogP contribution in [-0.4, -0.2) is 24.9 Å². The summed E-state index contributed by atoms with van der Waals surface area (Å²) in [6.45, 7) is 1.88. The van der Waals surface area contributed by atoms with E-state index in [-0.39, 0.29) is 11.9 Å². The van der Waals surface area contributed by atoms with E-state index < -0.39 is 0 Å². The molecule has 0 aromatic carbocycles. The molecule has 0 bridgehead atoms. The molecular weight excluding hydrogens is 214 g/mol. The quantitative estimate of drug-likeness (QED) is 0.804. The molecular formula is C8H9N5OS. The SMILES string of the molecule is CC(NC(=O)c1cnsn1)c1cn[nH]c1. The smallest absolute Gasteiger partial charge is 0.273 e. The molecule has 2 rings (SSSR count). The zero-order chi connectivity index (χ0) is 10.7. The number of hydrogen-bond donors (Lipinski definition) is 2. The molecule has 2 aromatic heterocycles. The Bertz CT molecular complexity index is 424. The number of H-pyrrole nitrogens is 1. The minimum Gasteiger partial charge on any atom is -0.344 e. The Kier molecular flexibility index (Phi) is 2.72. The van der Waals surface area contributed by atoms with Gasteiger partial charge in [-0.1, -0.05) is 0 Å². The van der Waals surface area contributed by atoms with Crippen LogP contribution in [0.4, 0.5) is 0 Å². The van der Waals surface area contributed by atoms with Gasteiger partial charge < -0.3 is 5.32 Å². The van der Waals surface area contributed by atoms with Gasteiger partial charge in [-0.05, 0) is 6.92 Å². The molecule has 0 aliphatic heterocycles. The van der Waals surface area contributed by atoms with Gasteiger partial charge in [-0.25, -0.2) is 0 Å². The molecule has 0 aliphatic rings. The predicted octanol–water partition coefficient (Wildman–Crippen LogP) is 0.752. The van der Waals surface area contributed by atoms with Crippen molar-refractivity contribution in [2.75, 3.05) is 0 Å². The molecule has 0 fully saturated rings. The van der Waals surface area contributed by atoms with E-state index in [0.29, 0.717) is 5.69 Å². The molecule has 0 radical (unpaired) electrons. The zero-order valence-corrected chi connectivity index (χ0v) is 8.78. The summed E-state index contributed by atoms with van der Waals surface area (Å²) >= 11 is 1.01. The second-order valence-electron chi connectivity index (χ2n) is 3.02. The Balaban J connectivity index is 2.01. The number of nitrogens with one attached hydrogen (secondary N) is 2. The van der Waals surface area contributed by atoms with E-state index in [1.54, 1.807) is 12.4 Å². The topological polar surface area (TPSA) is 83.6 Å². The van der Waals surface area contributed by atoms with Crippen molar-refractivity contribution in [3.63, 3.8) is 0 Å². The van der Waals surface area contributed by atoms with Crippen LogP contribution in [0.3, 0.4) is 0 Å². The fourth-order valence-corrected chi connectivity index (χ4v) is 1.53. The van der Waals surface area contributed by atoms with Gasteiger partial charge in [0.25, 0.3) is 5.91 Å². The number of aromatic nitrogens is 4.